The zero-order chi connectivity index (χ0) is 16.2. The molecule has 23 heavy (non-hydrogen) atoms. The molecule has 1 aliphatic rings. The first-order chi connectivity index (χ1) is 11.1. The third-order valence-electron chi connectivity index (χ3n) is 4.56. The molecule has 1 aromatic heterocycles. The van der Waals surface area contributed by atoms with Gasteiger partial charge in [0, 0.05) is 44.9 Å². The van der Waals surface area contributed by atoms with Crippen molar-refractivity contribution in [3.8, 4) is 0 Å². The highest BCUT2D eigenvalue weighted by Gasteiger charge is 2.26. The van der Waals surface area contributed by atoms with Crippen molar-refractivity contribution in [2.45, 2.75) is 31.6 Å². The van der Waals surface area contributed by atoms with Crippen LogP contribution in [0.25, 0.3) is 0 Å². The van der Waals surface area contributed by atoms with Crippen LogP contribution in [0.2, 0.25) is 0 Å². The van der Waals surface area contributed by atoms with Gasteiger partial charge in [-0.2, -0.15) is 0 Å². The molecule has 5 heteroatoms. The van der Waals surface area contributed by atoms with Crippen LogP contribution in [-0.4, -0.2) is 33.4 Å². The van der Waals surface area contributed by atoms with Gasteiger partial charge in [0.2, 0.25) is 5.91 Å². The van der Waals surface area contributed by atoms with Crippen molar-refractivity contribution in [1.82, 2.24) is 14.5 Å². The minimum Gasteiger partial charge on any atom is -0.342 e. The number of halogens is 1. The zero-order valence-electron chi connectivity index (χ0n) is 13.4. The van der Waals surface area contributed by atoms with E-state index in [-0.39, 0.29) is 11.7 Å². The summed E-state index contributed by atoms with van der Waals surface area (Å²) in [5, 5.41) is 0. The van der Waals surface area contributed by atoms with E-state index in [4.69, 9.17) is 0 Å². The Morgan fingerprint density at radius 1 is 1.39 bits per heavy atom. The Hall–Kier alpha value is -2.17. The number of hydrogen-bond acceptors (Lipinski definition) is 2. The first kappa shape index (κ1) is 15.7. The van der Waals surface area contributed by atoms with Gasteiger partial charge in [-0.1, -0.05) is 18.2 Å². The van der Waals surface area contributed by atoms with Crippen molar-refractivity contribution in [2.24, 2.45) is 7.05 Å². The molecule has 122 valence electrons. The van der Waals surface area contributed by atoms with Crippen LogP contribution < -0.4 is 0 Å². The fourth-order valence-electron chi connectivity index (χ4n) is 3.29. The molecular weight excluding hydrogens is 293 g/mol. The second-order valence-corrected chi connectivity index (χ2v) is 6.17. The number of carbonyl (C=O) groups is 1. The molecule has 0 bridgehead atoms. The summed E-state index contributed by atoms with van der Waals surface area (Å²) in [6.45, 7) is 1.50. The number of piperidine rings is 1. The standard InChI is InChI=1S/C18H22FN3O/c1-21-12-10-20-18(21)15-6-4-11-22(13-15)17(23)9-8-14-5-2-3-7-16(14)19/h2-3,5,7,10,12,15H,4,6,8-9,11,13H2,1H3/t15-/m1/s1. The average Bonchev–Trinajstić information content (AvgIpc) is 3.00. The maximum Gasteiger partial charge on any atom is 0.222 e. The molecule has 2 aromatic rings. The first-order valence-electron chi connectivity index (χ1n) is 8.13. The van der Waals surface area contributed by atoms with Gasteiger partial charge in [-0.25, -0.2) is 9.37 Å². The molecular formula is C18H22FN3O. The molecule has 1 saturated heterocycles. The predicted molar refractivity (Wildman–Crippen MR) is 86.5 cm³/mol. The highest BCUT2D eigenvalue weighted by molar-refractivity contribution is 5.76. The lowest BCUT2D eigenvalue weighted by atomic mass is 9.96. The van der Waals surface area contributed by atoms with Crippen molar-refractivity contribution in [2.75, 3.05) is 13.1 Å². The Bertz CT molecular complexity index is 682. The Morgan fingerprint density at radius 3 is 2.96 bits per heavy atom. The van der Waals surface area contributed by atoms with Crippen LogP contribution in [0.3, 0.4) is 0 Å². The number of likely N-dealkylation sites (tertiary alicyclic amines) is 1. The summed E-state index contributed by atoms with van der Waals surface area (Å²) in [6, 6.07) is 6.66. The Balaban J connectivity index is 1.59. The quantitative estimate of drug-likeness (QED) is 0.870. The van der Waals surface area contributed by atoms with E-state index in [0.29, 0.717) is 30.9 Å². The molecule has 3 rings (SSSR count). The fraction of sp³-hybridized carbons (Fsp3) is 0.444. The minimum atomic E-state index is -0.232. The molecule has 0 saturated carbocycles. The lowest BCUT2D eigenvalue weighted by Crippen LogP contribution is -2.39. The van der Waals surface area contributed by atoms with E-state index in [1.54, 1.807) is 24.4 Å². The van der Waals surface area contributed by atoms with Crippen LogP contribution in [-0.2, 0) is 18.3 Å². The number of amides is 1. The number of nitrogens with zero attached hydrogens (tertiary/aromatic N) is 3. The van der Waals surface area contributed by atoms with E-state index in [2.05, 4.69) is 4.98 Å². The Labute approximate surface area is 135 Å². The number of benzene rings is 1. The van der Waals surface area contributed by atoms with Gasteiger partial charge in [-0.15, -0.1) is 0 Å². The molecule has 0 unspecified atom stereocenters. The van der Waals surface area contributed by atoms with Gasteiger partial charge in [0.1, 0.15) is 11.6 Å². The smallest absolute Gasteiger partial charge is 0.222 e. The van der Waals surface area contributed by atoms with Crippen molar-refractivity contribution in [3.63, 3.8) is 0 Å². The molecule has 4 nitrogen and oxygen atoms in total. The summed E-state index contributed by atoms with van der Waals surface area (Å²) in [5.41, 5.74) is 0.610. The van der Waals surface area contributed by atoms with Gasteiger partial charge < -0.3 is 9.47 Å². The third kappa shape index (κ3) is 3.60. The van der Waals surface area contributed by atoms with Crippen LogP contribution in [0.1, 0.15) is 36.6 Å². The summed E-state index contributed by atoms with van der Waals surface area (Å²) in [4.78, 5) is 18.8. The second kappa shape index (κ2) is 6.94. The topological polar surface area (TPSA) is 38.1 Å². The molecule has 0 radical (unpaired) electrons. The van der Waals surface area contributed by atoms with E-state index < -0.39 is 0 Å². The maximum atomic E-state index is 13.6. The van der Waals surface area contributed by atoms with Gasteiger partial charge in [-0.05, 0) is 30.9 Å². The molecule has 1 fully saturated rings. The summed E-state index contributed by atoms with van der Waals surface area (Å²) in [6.07, 6.45) is 6.59. The first-order valence-corrected chi connectivity index (χ1v) is 8.13. The Kier molecular flexibility index (Phi) is 4.74. The molecule has 1 amide bonds. The van der Waals surface area contributed by atoms with E-state index in [1.165, 1.54) is 6.07 Å². The van der Waals surface area contributed by atoms with E-state index in [0.717, 1.165) is 25.2 Å². The number of aryl methyl sites for hydroxylation is 2. The molecule has 1 aromatic carbocycles. The molecule has 0 N–H and O–H groups in total. The number of imidazole rings is 1. The summed E-state index contributed by atoms with van der Waals surface area (Å²) >= 11 is 0. The van der Waals surface area contributed by atoms with Gasteiger partial charge in [-0.3, -0.25) is 4.79 Å². The second-order valence-electron chi connectivity index (χ2n) is 6.17. The van der Waals surface area contributed by atoms with Gasteiger partial charge in [0.05, 0.1) is 0 Å². The van der Waals surface area contributed by atoms with Gasteiger partial charge in [0.25, 0.3) is 0 Å². The number of hydrogen-bond donors (Lipinski definition) is 0. The average molecular weight is 315 g/mol. The SMILES string of the molecule is Cn1ccnc1[C@@H]1CCCN(C(=O)CCc2ccccc2F)C1. The summed E-state index contributed by atoms with van der Waals surface area (Å²) in [5.74, 6) is 1.20. The van der Waals surface area contributed by atoms with Crippen LogP contribution in [0.15, 0.2) is 36.7 Å². The maximum absolute atomic E-state index is 13.6. The van der Waals surface area contributed by atoms with E-state index in [9.17, 15) is 9.18 Å². The lowest BCUT2D eigenvalue weighted by Gasteiger charge is -2.32. The van der Waals surface area contributed by atoms with Gasteiger partial charge >= 0.3 is 0 Å². The zero-order valence-corrected chi connectivity index (χ0v) is 13.4. The monoisotopic (exact) mass is 315 g/mol. The molecule has 0 aliphatic carbocycles. The van der Waals surface area contributed by atoms with Gasteiger partial charge in [0.15, 0.2) is 0 Å². The number of carbonyl (C=O) groups excluding carboxylic acids is 1. The normalized spacial score (nSPS) is 18.2. The lowest BCUT2D eigenvalue weighted by molar-refractivity contribution is -0.132. The molecule has 1 atom stereocenters. The molecule has 0 spiro atoms. The van der Waals surface area contributed by atoms with E-state index in [1.807, 2.05) is 22.7 Å². The molecule has 2 heterocycles. The van der Waals surface area contributed by atoms with Crippen molar-refractivity contribution < 1.29 is 9.18 Å². The van der Waals surface area contributed by atoms with Crippen LogP contribution in [0, 0.1) is 5.82 Å². The molecule has 1 aliphatic heterocycles. The number of aromatic nitrogens is 2. The largest absolute Gasteiger partial charge is 0.342 e. The van der Waals surface area contributed by atoms with Crippen molar-refractivity contribution in [1.29, 1.82) is 0 Å². The van der Waals surface area contributed by atoms with Crippen molar-refractivity contribution >= 4 is 5.91 Å². The highest BCUT2D eigenvalue weighted by Crippen LogP contribution is 2.26. The minimum absolute atomic E-state index is 0.104. The Morgan fingerprint density at radius 2 is 2.22 bits per heavy atom. The summed E-state index contributed by atoms with van der Waals surface area (Å²) < 4.78 is 15.7. The summed E-state index contributed by atoms with van der Waals surface area (Å²) in [7, 11) is 1.99. The highest BCUT2D eigenvalue weighted by atomic mass is 19.1. The van der Waals surface area contributed by atoms with Crippen LogP contribution >= 0.6 is 0 Å². The third-order valence-corrected chi connectivity index (χ3v) is 4.56. The number of rotatable bonds is 4. The van der Waals surface area contributed by atoms with Crippen molar-refractivity contribution in [3.05, 3.63) is 53.9 Å². The van der Waals surface area contributed by atoms with E-state index >= 15 is 0 Å². The predicted octanol–water partition coefficient (Wildman–Crippen LogP) is 2.90. The fourth-order valence-corrected chi connectivity index (χ4v) is 3.29. The van der Waals surface area contributed by atoms with Crippen LogP contribution in [0.5, 0.6) is 0 Å². The van der Waals surface area contributed by atoms with Crippen LogP contribution in [0.4, 0.5) is 4.39 Å².